The van der Waals surface area contributed by atoms with E-state index >= 15 is 0 Å². The number of hydrogen-bond acceptors (Lipinski definition) is 6. The number of likely N-dealkylation sites (tertiary alicyclic amines) is 1. The molecule has 25 heavy (non-hydrogen) atoms. The zero-order chi connectivity index (χ0) is 17.8. The van der Waals surface area contributed by atoms with Crippen LogP contribution in [0.2, 0.25) is 0 Å². The minimum atomic E-state index is 0.00651. The van der Waals surface area contributed by atoms with Crippen molar-refractivity contribution in [1.29, 1.82) is 0 Å². The minimum Gasteiger partial charge on any atom is -0.497 e. The molecule has 2 heterocycles. The van der Waals surface area contributed by atoms with Crippen molar-refractivity contribution in [2.24, 2.45) is 0 Å². The third-order valence-corrected chi connectivity index (χ3v) is 5.10. The number of carbonyl (C=O) groups excluding carboxylic acids is 1. The highest BCUT2D eigenvalue weighted by Gasteiger charge is 2.32. The van der Waals surface area contributed by atoms with Gasteiger partial charge >= 0.3 is 0 Å². The molecule has 0 saturated carbocycles. The first-order valence-corrected chi connectivity index (χ1v) is 9.14. The summed E-state index contributed by atoms with van der Waals surface area (Å²) in [5.41, 5.74) is 0.992. The smallest absolute Gasteiger partial charge is 0.233 e. The van der Waals surface area contributed by atoms with E-state index in [2.05, 4.69) is 15.2 Å². The number of hydrogen-bond donors (Lipinski definition) is 1. The Morgan fingerprint density at radius 3 is 2.92 bits per heavy atom. The Kier molecular flexibility index (Phi) is 5.47. The van der Waals surface area contributed by atoms with Crippen LogP contribution < -0.4 is 9.47 Å². The lowest BCUT2D eigenvalue weighted by atomic mass is 10.0. The van der Waals surface area contributed by atoms with Gasteiger partial charge in [-0.1, -0.05) is 11.8 Å². The zero-order valence-corrected chi connectivity index (χ0v) is 15.4. The number of nitrogens with zero attached hydrogens (tertiary/aromatic N) is 3. The van der Waals surface area contributed by atoms with Gasteiger partial charge in [-0.2, -0.15) is 0 Å². The molecular formula is C17H22N4O3S. The third-order valence-electron chi connectivity index (χ3n) is 4.27. The summed E-state index contributed by atoms with van der Waals surface area (Å²) in [6.07, 6.45) is 1.89. The summed E-state index contributed by atoms with van der Waals surface area (Å²) in [6, 6.07) is 5.72. The standard InChI is InChI=1S/C17H22N4O3S/c1-11-18-17(20-19-11)25-10-16(22)21-8-4-5-14(21)13-9-12(23-2)6-7-15(13)24-3/h6-7,9,14H,4-5,8,10H2,1-3H3,(H,18,19,20). The normalized spacial score (nSPS) is 16.9. The fourth-order valence-corrected chi connectivity index (χ4v) is 3.81. The Bertz CT molecular complexity index is 749. The molecular weight excluding hydrogens is 340 g/mol. The van der Waals surface area contributed by atoms with Gasteiger partial charge in [-0.25, -0.2) is 4.98 Å². The molecule has 1 fully saturated rings. The Labute approximate surface area is 151 Å². The Hall–Kier alpha value is -2.22. The molecule has 1 aromatic heterocycles. The first-order chi connectivity index (χ1) is 12.1. The van der Waals surface area contributed by atoms with Gasteiger partial charge in [0.15, 0.2) is 0 Å². The number of aromatic nitrogens is 3. The third kappa shape index (κ3) is 3.89. The zero-order valence-electron chi connectivity index (χ0n) is 14.6. The number of aromatic amines is 1. The lowest BCUT2D eigenvalue weighted by Crippen LogP contribution is -2.32. The van der Waals surface area contributed by atoms with Crippen molar-refractivity contribution in [2.45, 2.75) is 31.0 Å². The lowest BCUT2D eigenvalue weighted by Gasteiger charge is -2.26. The van der Waals surface area contributed by atoms with Crippen LogP contribution in [0.5, 0.6) is 11.5 Å². The van der Waals surface area contributed by atoms with Crippen molar-refractivity contribution in [3.63, 3.8) is 0 Å². The summed E-state index contributed by atoms with van der Waals surface area (Å²) in [4.78, 5) is 18.9. The van der Waals surface area contributed by atoms with Crippen molar-refractivity contribution in [1.82, 2.24) is 20.1 Å². The van der Waals surface area contributed by atoms with E-state index in [4.69, 9.17) is 9.47 Å². The number of ether oxygens (including phenoxy) is 2. The van der Waals surface area contributed by atoms with E-state index in [1.165, 1.54) is 11.8 Å². The molecule has 1 aliphatic rings. The number of rotatable bonds is 6. The van der Waals surface area contributed by atoms with E-state index in [-0.39, 0.29) is 11.9 Å². The molecule has 1 aliphatic heterocycles. The van der Waals surface area contributed by atoms with Gasteiger partial charge in [-0.05, 0) is 38.0 Å². The number of thioether (sulfide) groups is 1. The largest absolute Gasteiger partial charge is 0.497 e. The van der Waals surface area contributed by atoms with E-state index in [1.54, 1.807) is 14.2 Å². The number of amides is 1. The van der Waals surface area contributed by atoms with Gasteiger partial charge in [0.05, 0.1) is 26.0 Å². The van der Waals surface area contributed by atoms with E-state index in [0.717, 1.165) is 42.3 Å². The van der Waals surface area contributed by atoms with Crippen LogP contribution in [-0.4, -0.2) is 52.5 Å². The molecule has 0 bridgehead atoms. The van der Waals surface area contributed by atoms with Crippen molar-refractivity contribution < 1.29 is 14.3 Å². The highest BCUT2D eigenvalue weighted by atomic mass is 32.2. The van der Waals surface area contributed by atoms with Crippen LogP contribution in [0.15, 0.2) is 23.4 Å². The highest BCUT2D eigenvalue weighted by Crippen LogP contribution is 2.39. The summed E-state index contributed by atoms with van der Waals surface area (Å²) in [6.45, 7) is 2.59. The Morgan fingerprint density at radius 2 is 2.24 bits per heavy atom. The number of aryl methyl sites for hydroxylation is 1. The van der Waals surface area contributed by atoms with E-state index in [0.29, 0.717) is 10.9 Å². The molecule has 0 aliphatic carbocycles. The van der Waals surface area contributed by atoms with Crippen LogP contribution in [0.4, 0.5) is 0 Å². The van der Waals surface area contributed by atoms with Gasteiger partial charge in [0, 0.05) is 12.1 Å². The van der Waals surface area contributed by atoms with E-state index < -0.39 is 0 Å². The second-order valence-electron chi connectivity index (χ2n) is 5.85. The average molecular weight is 362 g/mol. The van der Waals surface area contributed by atoms with Gasteiger partial charge in [-0.15, -0.1) is 5.10 Å². The van der Waals surface area contributed by atoms with Gasteiger partial charge in [0.1, 0.15) is 17.3 Å². The maximum Gasteiger partial charge on any atom is 0.233 e. The Balaban J connectivity index is 1.74. The van der Waals surface area contributed by atoms with Crippen molar-refractivity contribution >= 4 is 17.7 Å². The topological polar surface area (TPSA) is 80.3 Å². The van der Waals surface area contributed by atoms with Crippen LogP contribution in [-0.2, 0) is 4.79 Å². The van der Waals surface area contributed by atoms with Crippen LogP contribution in [0.3, 0.4) is 0 Å². The van der Waals surface area contributed by atoms with Crippen molar-refractivity contribution in [3.05, 3.63) is 29.6 Å². The van der Waals surface area contributed by atoms with Crippen LogP contribution in [0.1, 0.15) is 30.3 Å². The molecule has 7 nitrogen and oxygen atoms in total. The predicted octanol–water partition coefficient (Wildman–Crippen LogP) is 2.59. The first-order valence-electron chi connectivity index (χ1n) is 8.15. The van der Waals surface area contributed by atoms with Crippen LogP contribution >= 0.6 is 11.8 Å². The number of methoxy groups -OCH3 is 2. The molecule has 134 valence electrons. The summed E-state index contributed by atoms with van der Waals surface area (Å²) in [7, 11) is 3.28. The molecule has 1 atom stereocenters. The van der Waals surface area contributed by atoms with Gasteiger partial charge in [0.2, 0.25) is 11.1 Å². The molecule has 1 amide bonds. The lowest BCUT2D eigenvalue weighted by molar-refractivity contribution is -0.129. The molecule has 2 aromatic rings. The van der Waals surface area contributed by atoms with E-state index in [9.17, 15) is 4.79 Å². The molecule has 3 rings (SSSR count). The molecule has 1 aromatic carbocycles. The van der Waals surface area contributed by atoms with Crippen molar-refractivity contribution in [3.8, 4) is 11.5 Å². The van der Waals surface area contributed by atoms with Gasteiger partial charge in [-0.3, -0.25) is 9.89 Å². The number of benzene rings is 1. The average Bonchev–Trinajstić information content (AvgIpc) is 3.28. The fraction of sp³-hybridized carbons (Fsp3) is 0.471. The monoisotopic (exact) mass is 362 g/mol. The quantitative estimate of drug-likeness (QED) is 0.796. The van der Waals surface area contributed by atoms with Crippen LogP contribution in [0.25, 0.3) is 0 Å². The summed E-state index contributed by atoms with van der Waals surface area (Å²) < 4.78 is 10.8. The van der Waals surface area contributed by atoms with Gasteiger partial charge < -0.3 is 14.4 Å². The highest BCUT2D eigenvalue weighted by molar-refractivity contribution is 7.99. The summed E-state index contributed by atoms with van der Waals surface area (Å²) >= 11 is 1.35. The maximum absolute atomic E-state index is 12.7. The number of nitrogens with one attached hydrogen (secondary N) is 1. The number of carbonyl (C=O) groups is 1. The maximum atomic E-state index is 12.7. The molecule has 0 spiro atoms. The van der Waals surface area contributed by atoms with Crippen molar-refractivity contribution in [2.75, 3.05) is 26.5 Å². The van der Waals surface area contributed by atoms with E-state index in [1.807, 2.05) is 30.0 Å². The molecule has 0 radical (unpaired) electrons. The molecule has 1 unspecified atom stereocenters. The summed E-state index contributed by atoms with van der Waals surface area (Å²) in [5, 5.41) is 7.45. The first kappa shape index (κ1) is 17.6. The predicted molar refractivity (Wildman–Crippen MR) is 95.1 cm³/mol. The second-order valence-corrected chi connectivity index (χ2v) is 6.79. The second kappa shape index (κ2) is 7.77. The molecule has 1 N–H and O–H groups in total. The SMILES string of the molecule is COc1ccc(OC)c(C2CCCN2C(=O)CSc2n[nH]c(C)n2)c1. The molecule has 8 heteroatoms. The summed E-state index contributed by atoms with van der Waals surface area (Å²) in [5.74, 6) is 2.69. The fourth-order valence-electron chi connectivity index (χ4n) is 3.08. The van der Waals surface area contributed by atoms with Crippen LogP contribution in [0, 0.1) is 6.92 Å². The van der Waals surface area contributed by atoms with Gasteiger partial charge in [0.25, 0.3) is 0 Å². The minimum absolute atomic E-state index is 0.00651. The Morgan fingerprint density at radius 1 is 1.40 bits per heavy atom. The molecule has 1 saturated heterocycles. The number of H-pyrrole nitrogens is 1.